The summed E-state index contributed by atoms with van der Waals surface area (Å²) in [7, 11) is 1.76. The molecule has 3 aromatic rings. The Bertz CT molecular complexity index is 1040. The van der Waals surface area contributed by atoms with Crippen molar-refractivity contribution in [3.05, 3.63) is 63.6 Å². The number of carbonyl (C=O) groups excluding carboxylic acids is 1. The summed E-state index contributed by atoms with van der Waals surface area (Å²) in [5.41, 5.74) is 6.46. The zero-order valence-corrected chi connectivity index (χ0v) is 17.8. The van der Waals surface area contributed by atoms with Crippen LogP contribution in [0, 0.1) is 6.92 Å². The fourth-order valence-corrected chi connectivity index (χ4v) is 3.79. The molecule has 0 aliphatic carbocycles. The normalized spacial score (nSPS) is 12.8. The van der Waals surface area contributed by atoms with Crippen LogP contribution in [0.15, 0.2) is 45.4 Å². The van der Waals surface area contributed by atoms with E-state index in [9.17, 15) is 18.0 Å². The topological polar surface area (TPSA) is 86.1 Å². The molecule has 0 unspecified atom stereocenters. The maximum Gasteiger partial charge on any atom is 0.416 e. The van der Waals surface area contributed by atoms with Gasteiger partial charge in [-0.05, 0) is 47.0 Å². The number of nitrogens with two attached hydrogens (primary N) is 1. The Morgan fingerprint density at radius 3 is 2.67 bits per heavy atom. The number of hydrogen-bond donors (Lipinski definition) is 2. The molecule has 1 amide bonds. The van der Waals surface area contributed by atoms with Gasteiger partial charge in [0, 0.05) is 25.2 Å². The van der Waals surface area contributed by atoms with Crippen molar-refractivity contribution in [1.29, 1.82) is 0 Å². The molecule has 3 N–H and O–H groups in total. The number of amides is 1. The zero-order valence-electron chi connectivity index (χ0n) is 16.3. The maximum absolute atomic E-state index is 13.2. The summed E-state index contributed by atoms with van der Waals surface area (Å²) < 4.78 is 47.7. The lowest BCUT2D eigenvalue weighted by molar-refractivity contribution is -0.138. The van der Waals surface area contributed by atoms with Gasteiger partial charge in [-0.25, -0.2) is 0 Å². The largest absolute Gasteiger partial charge is 0.455 e. The smallest absolute Gasteiger partial charge is 0.416 e. The number of nitrogens with one attached hydrogen (secondary N) is 1. The molecule has 2 aromatic heterocycles. The Morgan fingerprint density at radius 1 is 1.37 bits per heavy atom. The monoisotopic (exact) mass is 484 g/mol. The van der Waals surface area contributed by atoms with E-state index in [1.54, 1.807) is 30.9 Å². The van der Waals surface area contributed by atoms with Gasteiger partial charge in [0.1, 0.15) is 5.76 Å². The van der Waals surface area contributed by atoms with Gasteiger partial charge in [-0.15, -0.1) is 0 Å². The number of hydrogen-bond acceptors (Lipinski definition) is 4. The lowest BCUT2D eigenvalue weighted by Gasteiger charge is -2.19. The molecule has 0 spiro atoms. The lowest BCUT2D eigenvalue weighted by Crippen LogP contribution is -2.42. The van der Waals surface area contributed by atoms with E-state index in [4.69, 9.17) is 10.2 Å². The Hall–Kier alpha value is -2.59. The van der Waals surface area contributed by atoms with Crippen LogP contribution in [0.5, 0.6) is 0 Å². The number of aromatic nitrogens is 2. The van der Waals surface area contributed by atoms with Gasteiger partial charge < -0.3 is 15.5 Å². The molecule has 0 aliphatic heterocycles. The second-order valence-corrected chi connectivity index (χ2v) is 7.66. The quantitative estimate of drug-likeness (QED) is 0.552. The van der Waals surface area contributed by atoms with Crippen molar-refractivity contribution in [2.24, 2.45) is 12.8 Å². The number of rotatable bonds is 6. The van der Waals surface area contributed by atoms with E-state index < -0.39 is 23.7 Å². The van der Waals surface area contributed by atoms with Crippen molar-refractivity contribution in [1.82, 2.24) is 15.1 Å². The molecule has 1 aromatic carbocycles. The molecule has 2 heterocycles. The first-order valence-corrected chi connectivity index (χ1v) is 9.85. The molecule has 0 fully saturated rings. The van der Waals surface area contributed by atoms with E-state index in [0.717, 1.165) is 16.2 Å². The maximum atomic E-state index is 13.2. The highest BCUT2D eigenvalue weighted by molar-refractivity contribution is 9.10. The molecule has 30 heavy (non-hydrogen) atoms. The van der Waals surface area contributed by atoms with Crippen LogP contribution in [0.3, 0.4) is 0 Å². The van der Waals surface area contributed by atoms with Crippen LogP contribution in [-0.2, 0) is 19.6 Å². The van der Waals surface area contributed by atoms with Crippen LogP contribution in [0.2, 0.25) is 0 Å². The van der Waals surface area contributed by atoms with Gasteiger partial charge in [0.05, 0.1) is 21.9 Å². The molecule has 3 rings (SSSR count). The van der Waals surface area contributed by atoms with E-state index in [2.05, 4.69) is 26.3 Å². The average molecular weight is 485 g/mol. The first kappa shape index (κ1) is 22.1. The van der Waals surface area contributed by atoms with Gasteiger partial charge in [0.2, 0.25) is 0 Å². The van der Waals surface area contributed by atoms with Crippen molar-refractivity contribution >= 4 is 21.8 Å². The third kappa shape index (κ3) is 4.59. The molecule has 160 valence electrons. The highest BCUT2D eigenvalue weighted by Gasteiger charge is 2.33. The number of benzene rings is 1. The van der Waals surface area contributed by atoms with Gasteiger partial charge in [0.15, 0.2) is 5.76 Å². The number of furan rings is 1. The van der Waals surface area contributed by atoms with E-state index in [1.807, 2.05) is 0 Å². The summed E-state index contributed by atoms with van der Waals surface area (Å²) in [6, 6.07) is 6.12. The van der Waals surface area contributed by atoms with E-state index >= 15 is 0 Å². The van der Waals surface area contributed by atoms with Crippen molar-refractivity contribution in [3.63, 3.8) is 0 Å². The van der Waals surface area contributed by atoms with Crippen LogP contribution in [0.4, 0.5) is 13.2 Å². The minimum Gasteiger partial charge on any atom is -0.455 e. The second-order valence-electron chi connectivity index (χ2n) is 6.81. The SMILES string of the molecule is Cc1oc(C(=O)N[C@H](CN)Cc2ccccc2C(F)(F)F)cc1-c1c(Br)cnn1C. The summed E-state index contributed by atoms with van der Waals surface area (Å²) in [6.07, 6.45) is -2.91. The molecule has 1 atom stereocenters. The first-order valence-electron chi connectivity index (χ1n) is 9.06. The number of nitrogens with zero attached hydrogens (tertiary/aromatic N) is 2. The molecule has 0 bridgehead atoms. The van der Waals surface area contributed by atoms with Crippen molar-refractivity contribution < 1.29 is 22.4 Å². The van der Waals surface area contributed by atoms with Gasteiger partial charge >= 0.3 is 6.18 Å². The number of alkyl halides is 3. The van der Waals surface area contributed by atoms with Gasteiger partial charge in [-0.2, -0.15) is 18.3 Å². The summed E-state index contributed by atoms with van der Waals surface area (Å²) >= 11 is 3.41. The number of halogens is 4. The van der Waals surface area contributed by atoms with E-state index in [0.29, 0.717) is 11.3 Å². The predicted octanol–water partition coefficient (Wildman–Crippen LogP) is 4.07. The molecule has 10 heteroatoms. The second kappa shape index (κ2) is 8.65. The Labute approximate surface area is 179 Å². The van der Waals surface area contributed by atoms with E-state index in [1.165, 1.54) is 18.2 Å². The van der Waals surface area contributed by atoms with Gasteiger partial charge in [0.25, 0.3) is 5.91 Å². The zero-order chi connectivity index (χ0) is 22.1. The molecule has 0 saturated heterocycles. The highest BCUT2D eigenvalue weighted by atomic mass is 79.9. The molecule has 0 radical (unpaired) electrons. The van der Waals surface area contributed by atoms with Crippen LogP contribution < -0.4 is 11.1 Å². The van der Waals surface area contributed by atoms with Crippen LogP contribution >= 0.6 is 15.9 Å². The fourth-order valence-electron chi connectivity index (χ4n) is 3.23. The summed E-state index contributed by atoms with van der Waals surface area (Å²) in [5.74, 6) is -0.00287. The summed E-state index contributed by atoms with van der Waals surface area (Å²) in [6.45, 7) is 1.68. The van der Waals surface area contributed by atoms with Crippen molar-refractivity contribution in [3.8, 4) is 11.3 Å². The first-order chi connectivity index (χ1) is 14.1. The van der Waals surface area contributed by atoms with Crippen molar-refractivity contribution in [2.45, 2.75) is 25.6 Å². The van der Waals surface area contributed by atoms with E-state index in [-0.39, 0.29) is 24.3 Å². The molecule has 0 saturated carbocycles. The minimum absolute atomic E-state index is 0.0300. The Kier molecular flexibility index (Phi) is 6.37. The summed E-state index contributed by atoms with van der Waals surface area (Å²) in [4.78, 5) is 12.7. The Balaban J connectivity index is 1.80. The Morgan fingerprint density at radius 2 is 2.07 bits per heavy atom. The van der Waals surface area contributed by atoms with Crippen LogP contribution in [0.25, 0.3) is 11.3 Å². The fraction of sp³-hybridized carbons (Fsp3) is 0.300. The number of carbonyl (C=O) groups is 1. The van der Waals surface area contributed by atoms with Crippen LogP contribution in [-0.4, -0.2) is 28.3 Å². The standard InChI is InChI=1S/C20H20BrF3N4O2/c1-11-14(18-16(21)10-26-28(18)2)8-17(30-11)19(29)27-13(9-25)7-12-5-3-4-6-15(12)20(22,23)24/h3-6,8,10,13H,7,9,25H2,1-2H3,(H,27,29)/t13-/m0/s1. The highest BCUT2D eigenvalue weighted by Crippen LogP contribution is 2.33. The molecular formula is C20H20BrF3N4O2. The minimum atomic E-state index is -4.48. The molecule has 6 nitrogen and oxygen atoms in total. The van der Waals surface area contributed by atoms with Gasteiger partial charge in [-0.3, -0.25) is 9.48 Å². The lowest BCUT2D eigenvalue weighted by atomic mass is 9.99. The van der Waals surface area contributed by atoms with Crippen LogP contribution in [0.1, 0.15) is 27.4 Å². The van der Waals surface area contributed by atoms with Crippen molar-refractivity contribution in [2.75, 3.05) is 6.54 Å². The molecular weight excluding hydrogens is 465 g/mol. The van der Waals surface area contributed by atoms with Gasteiger partial charge in [-0.1, -0.05) is 18.2 Å². The number of aryl methyl sites for hydroxylation is 2. The third-order valence-electron chi connectivity index (χ3n) is 4.70. The molecule has 0 aliphatic rings. The third-order valence-corrected chi connectivity index (χ3v) is 5.28. The predicted molar refractivity (Wildman–Crippen MR) is 109 cm³/mol. The summed E-state index contributed by atoms with van der Waals surface area (Å²) in [5, 5.41) is 6.81. The average Bonchev–Trinajstić information content (AvgIpc) is 3.22.